The van der Waals surface area contributed by atoms with E-state index < -0.39 is 0 Å². The molecule has 0 radical (unpaired) electrons. The predicted molar refractivity (Wildman–Crippen MR) is 76.1 cm³/mol. The molecule has 0 amide bonds. The minimum Gasteiger partial charge on any atom is -0.491 e. The third-order valence-corrected chi connectivity index (χ3v) is 4.18. The molecular formula is C15H23FN2O. The number of nitrogens with two attached hydrogens (primary N) is 1. The maximum Gasteiger partial charge on any atom is 0.167 e. The highest BCUT2D eigenvalue weighted by molar-refractivity contribution is 5.51. The van der Waals surface area contributed by atoms with Crippen molar-refractivity contribution >= 4 is 5.69 Å². The summed E-state index contributed by atoms with van der Waals surface area (Å²) in [7, 11) is 0. The summed E-state index contributed by atoms with van der Waals surface area (Å²) < 4.78 is 19.1. The Morgan fingerprint density at radius 2 is 2.16 bits per heavy atom. The molecule has 2 N–H and O–H groups in total. The van der Waals surface area contributed by atoms with Crippen molar-refractivity contribution in [1.82, 2.24) is 0 Å². The van der Waals surface area contributed by atoms with Gasteiger partial charge in [-0.2, -0.15) is 0 Å². The molecule has 3 atom stereocenters. The monoisotopic (exact) mass is 266 g/mol. The van der Waals surface area contributed by atoms with Gasteiger partial charge in [0.2, 0.25) is 0 Å². The van der Waals surface area contributed by atoms with Gasteiger partial charge in [0.1, 0.15) is 0 Å². The Hall–Kier alpha value is -1.29. The van der Waals surface area contributed by atoms with E-state index >= 15 is 0 Å². The van der Waals surface area contributed by atoms with Gasteiger partial charge >= 0.3 is 0 Å². The first-order valence-corrected chi connectivity index (χ1v) is 6.99. The summed E-state index contributed by atoms with van der Waals surface area (Å²) >= 11 is 0. The second kappa shape index (κ2) is 5.78. The van der Waals surface area contributed by atoms with E-state index in [1.165, 1.54) is 0 Å². The van der Waals surface area contributed by atoms with E-state index in [1.807, 2.05) is 13.0 Å². The SMILES string of the molecule is CCOc1ccc(N2CCC(N)C(C)C2C)cc1F. The Kier molecular flexibility index (Phi) is 4.30. The maximum absolute atomic E-state index is 13.9. The largest absolute Gasteiger partial charge is 0.491 e. The zero-order valence-electron chi connectivity index (χ0n) is 11.9. The van der Waals surface area contributed by atoms with Crippen LogP contribution in [-0.4, -0.2) is 25.2 Å². The van der Waals surface area contributed by atoms with E-state index in [0.717, 1.165) is 18.7 Å². The Morgan fingerprint density at radius 3 is 2.79 bits per heavy atom. The Labute approximate surface area is 114 Å². The number of piperidine rings is 1. The molecule has 3 nitrogen and oxygen atoms in total. The number of anilines is 1. The van der Waals surface area contributed by atoms with Crippen molar-refractivity contribution in [1.29, 1.82) is 0 Å². The van der Waals surface area contributed by atoms with Gasteiger partial charge in [-0.1, -0.05) is 6.92 Å². The van der Waals surface area contributed by atoms with Crippen molar-refractivity contribution in [3.63, 3.8) is 0 Å². The Bertz CT molecular complexity index is 438. The second-order valence-electron chi connectivity index (χ2n) is 5.29. The fraction of sp³-hybridized carbons (Fsp3) is 0.600. The molecule has 1 aromatic carbocycles. The van der Waals surface area contributed by atoms with E-state index in [4.69, 9.17) is 10.5 Å². The fourth-order valence-electron chi connectivity index (χ4n) is 2.70. The van der Waals surface area contributed by atoms with Crippen LogP contribution in [0.15, 0.2) is 18.2 Å². The molecular weight excluding hydrogens is 243 g/mol. The zero-order chi connectivity index (χ0) is 14.0. The first kappa shape index (κ1) is 14.1. The number of nitrogens with zero attached hydrogens (tertiary/aromatic N) is 1. The third-order valence-electron chi connectivity index (χ3n) is 4.18. The molecule has 0 bridgehead atoms. The van der Waals surface area contributed by atoms with Crippen LogP contribution < -0.4 is 15.4 Å². The molecule has 0 aromatic heterocycles. The number of hydrogen-bond donors (Lipinski definition) is 1. The Balaban J connectivity index is 2.20. The van der Waals surface area contributed by atoms with Crippen LogP contribution >= 0.6 is 0 Å². The molecule has 106 valence electrons. The quantitative estimate of drug-likeness (QED) is 0.914. The molecule has 1 aliphatic heterocycles. The summed E-state index contributed by atoms with van der Waals surface area (Å²) in [6.07, 6.45) is 0.945. The van der Waals surface area contributed by atoms with Gasteiger partial charge in [-0.3, -0.25) is 0 Å². The smallest absolute Gasteiger partial charge is 0.167 e. The highest BCUT2D eigenvalue weighted by atomic mass is 19.1. The summed E-state index contributed by atoms with van der Waals surface area (Å²) in [6, 6.07) is 5.75. The van der Waals surface area contributed by atoms with Gasteiger partial charge < -0.3 is 15.4 Å². The van der Waals surface area contributed by atoms with Gasteiger partial charge in [0.05, 0.1) is 6.61 Å². The van der Waals surface area contributed by atoms with Crippen LogP contribution in [0.3, 0.4) is 0 Å². The van der Waals surface area contributed by atoms with Gasteiger partial charge in [0.25, 0.3) is 0 Å². The van der Waals surface area contributed by atoms with Crippen molar-refractivity contribution < 1.29 is 9.13 Å². The van der Waals surface area contributed by atoms with Crippen LogP contribution in [-0.2, 0) is 0 Å². The van der Waals surface area contributed by atoms with Crippen molar-refractivity contribution in [3.05, 3.63) is 24.0 Å². The van der Waals surface area contributed by atoms with E-state index in [0.29, 0.717) is 24.3 Å². The molecule has 19 heavy (non-hydrogen) atoms. The van der Waals surface area contributed by atoms with Crippen molar-refractivity contribution in [2.24, 2.45) is 11.7 Å². The number of halogens is 1. The van der Waals surface area contributed by atoms with Gasteiger partial charge in [-0.05, 0) is 38.3 Å². The normalized spacial score (nSPS) is 27.4. The summed E-state index contributed by atoms with van der Waals surface area (Å²) in [4.78, 5) is 2.23. The molecule has 1 fully saturated rings. The van der Waals surface area contributed by atoms with Gasteiger partial charge in [0.15, 0.2) is 11.6 Å². The van der Waals surface area contributed by atoms with Crippen LogP contribution in [0.1, 0.15) is 27.2 Å². The first-order chi connectivity index (χ1) is 9.04. The highest BCUT2D eigenvalue weighted by Gasteiger charge is 2.30. The van der Waals surface area contributed by atoms with Crippen LogP contribution in [0, 0.1) is 11.7 Å². The third kappa shape index (κ3) is 2.84. The molecule has 2 rings (SSSR count). The highest BCUT2D eigenvalue weighted by Crippen LogP contribution is 2.30. The molecule has 1 heterocycles. The summed E-state index contributed by atoms with van der Waals surface area (Å²) in [6.45, 7) is 7.51. The lowest BCUT2D eigenvalue weighted by Gasteiger charge is -2.42. The molecule has 1 aromatic rings. The van der Waals surface area contributed by atoms with E-state index in [-0.39, 0.29) is 11.9 Å². The van der Waals surface area contributed by atoms with Crippen LogP contribution in [0.25, 0.3) is 0 Å². The van der Waals surface area contributed by atoms with Gasteiger partial charge in [-0.15, -0.1) is 0 Å². The molecule has 0 aliphatic carbocycles. The van der Waals surface area contributed by atoms with Gasteiger partial charge in [-0.25, -0.2) is 4.39 Å². The molecule has 0 saturated carbocycles. The Morgan fingerprint density at radius 1 is 1.42 bits per heavy atom. The number of hydrogen-bond acceptors (Lipinski definition) is 3. The summed E-state index contributed by atoms with van der Waals surface area (Å²) in [5.41, 5.74) is 6.99. The molecule has 0 spiro atoms. The zero-order valence-corrected chi connectivity index (χ0v) is 11.9. The van der Waals surface area contributed by atoms with Crippen LogP contribution in [0.5, 0.6) is 5.75 Å². The van der Waals surface area contributed by atoms with E-state index in [1.54, 1.807) is 12.1 Å². The molecule has 1 aliphatic rings. The second-order valence-corrected chi connectivity index (χ2v) is 5.29. The van der Waals surface area contributed by atoms with Gasteiger partial charge in [0, 0.05) is 30.4 Å². The number of rotatable bonds is 3. The van der Waals surface area contributed by atoms with Crippen LogP contribution in [0.2, 0.25) is 0 Å². The number of benzene rings is 1. The molecule has 1 saturated heterocycles. The summed E-state index contributed by atoms with van der Waals surface area (Å²) in [5.74, 6) is 0.429. The lowest BCUT2D eigenvalue weighted by molar-refractivity contribution is 0.313. The van der Waals surface area contributed by atoms with Crippen molar-refractivity contribution in [3.8, 4) is 5.75 Å². The minimum atomic E-state index is -0.297. The number of ether oxygens (including phenoxy) is 1. The summed E-state index contributed by atoms with van der Waals surface area (Å²) in [5, 5.41) is 0. The van der Waals surface area contributed by atoms with Crippen LogP contribution in [0.4, 0.5) is 10.1 Å². The standard InChI is InChI=1S/C15H23FN2O/c1-4-19-15-6-5-12(9-13(15)16)18-8-7-14(17)10(2)11(18)3/h5-6,9-11,14H,4,7-8,17H2,1-3H3. The van der Waals surface area contributed by atoms with Crippen molar-refractivity contribution in [2.45, 2.75) is 39.3 Å². The average Bonchev–Trinajstić information content (AvgIpc) is 2.39. The minimum absolute atomic E-state index is 0.235. The molecule has 4 heteroatoms. The van der Waals surface area contributed by atoms with E-state index in [9.17, 15) is 4.39 Å². The molecule has 3 unspecified atom stereocenters. The first-order valence-electron chi connectivity index (χ1n) is 6.99. The topological polar surface area (TPSA) is 38.5 Å². The lowest BCUT2D eigenvalue weighted by Crippen LogP contribution is -2.51. The predicted octanol–water partition coefficient (Wildman–Crippen LogP) is 2.79. The van der Waals surface area contributed by atoms with E-state index in [2.05, 4.69) is 18.7 Å². The van der Waals surface area contributed by atoms with Crippen molar-refractivity contribution in [2.75, 3.05) is 18.1 Å². The fourth-order valence-corrected chi connectivity index (χ4v) is 2.70. The average molecular weight is 266 g/mol. The maximum atomic E-state index is 13.9. The lowest BCUT2D eigenvalue weighted by atomic mass is 9.87.